The van der Waals surface area contributed by atoms with Crippen LogP contribution in [0.5, 0.6) is 0 Å². The molecule has 2 aromatic heterocycles. The second-order valence-corrected chi connectivity index (χ2v) is 6.08. The van der Waals surface area contributed by atoms with E-state index < -0.39 is 11.6 Å². The Bertz CT molecular complexity index is 1110. The third-order valence-electron chi connectivity index (χ3n) is 3.95. The molecule has 0 atom stereocenters. The molecule has 0 saturated carbocycles. The van der Waals surface area contributed by atoms with E-state index in [1.54, 1.807) is 30.5 Å². The van der Waals surface area contributed by atoms with Crippen molar-refractivity contribution in [2.75, 3.05) is 5.73 Å². The van der Waals surface area contributed by atoms with Crippen LogP contribution in [0.15, 0.2) is 48.7 Å². The lowest BCUT2D eigenvalue weighted by Crippen LogP contribution is -2.03. The van der Waals surface area contributed by atoms with Crippen molar-refractivity contribution in [3.05, 3.63) is 70.9 Å². The summed E-state index contributed by atoms with van der Waals surface area (Å²) in [6, 6.07) is 10.6. The van der Waals surface area contributed by atoms with Gasteiger partial charge < -0.3 is 5.73 Å². The maximum atomic E-state index is 14.0. The van der Waals surface area contributed by atoms with Crippen molar-refractivity contribution in [2.24, 2.45) is 0 Å². The Balaban J connectivity index is 1.78. The van der Waals surface area contributed by atoms with Crippen molar-refractivity contribution >= 4 is 28.5 Å². The number of nitrogens with zero attached hydrogens (tertiary/aromatic N) is 4. The Morgan fingerprint density at radius 2 is 1.77 bits per heavy atom. The molecule has 26 heavy (non-hydrogen) atoms. The van der Waals surface area contributed by atoms with Crippen LogP contribution in [-0.4, -0.2) is 19.7 Å². The van der Waals surface area contributed by atoms with Crippen molar-refractivity contribution < 1.29 is 8.78 Å². The molecule has 0 unspecified atom stereocenters. The summed E-state index contributed by atoms with van der Waals surface area (Å²) in [7, 11) is 0. The van der Waals surface area contributed by atoms with E-state index in [0.29, 0.717) is 21.6 Å². The van der Waals surface area contributed by atoms with Gasteiger partial charge in [0.25, 0.3) is 0 Å². The first-order chi connectivity index (χ1) is 12.5. The molecule has 0 fully saturated rings. The number of hydrogen-bond acceptors (Lipinski definition) is 4. The van der Waals surface area contributed by atoms with Crippen LogP contribution >= 0.6 is 11.6 Å². The predicted octanol–water partition coefficient (Wildman–Crippen LogP) is 4.06. The molecule has 8 heteroatoms. The number of hydrogen-bond donors (Lipinski definition) is 1. The number of nitrogen functional groups attached to an aromatic ring is 1. The molecular formula is C18H12ClF2N5. The van der Waals surface area contributed by atoms with E-state index in [0.717, 1.165) is 0 Å². The minimum absolute atomic E-state index is 0.107. The Labute approximate surface area is 152 Å². The summed E-state index contributed by atoms with van der Waals surface area (Å²) in [6.07, 6.45) is 1.61. The van der Waals surface area contributed by atoms with Gasteiger partial charge >= 0.3 is 0 Å². The molecule has 130 valence electrons. The maximum absolute atomic E-state index is 14.0. The minimum atomic E-state index is -0.455. The second-order valence-electron chi connectivity index (χ2n) is 5.68. The molecule has 0 saturated heterocycles. The van der Waals surface area contributed by atoms with Gasteiger partial charge in [0.15, 0.2) is 11.5 Å². The number of rotatable bonds is 3. The Kier molecular flexibility index (Phi) is 4.00. The fraction of sp³-hybridized carbons (Fsp3) is 0.0556. The van der Waals surface area contributed by atoms with Crippen molar-refractivity contribution in [3.63, 3.8) is 0 Å². The van der Waals surface area contributed by atoms with E-state index in [1.165, 1.54) is 22.9 Å². The molecule has 0 radical (unpaired) electrons. The predicted molar refractivity (Wildman–Crippen MR) is 95.6 cm³/mol. The van der Waals surface area contributed by atoms with Gasteiger partial charge in [0.05, 0.1) is 17.5 Å². The van der Waals surface area contributed by atoms with Gasteiger partial charge in [-0.2, -0.15) is 5.10 Å². The van der Waals surface area contributed by atoms with E-state index in [9.17, 15) is 8.78 Å². The maximum Gasteiger partial charge on any atom is 0.186 e. The van der Waals surface area contributed by atoms with E-state index in [1.807, 2.05) is 0 Å². The molecule has 0 amide bonds. The van der Waals surface area contributed by atoms with Gasteiger partial charge in [-0.3, -0.25) is 4.68 Å². The number of halogens is 3. The van der Waals surface area contributed by atoms with Gasteiger partial charge in [-0.15, -0.1) is 0 Å². The van der Waals surface area contributed by atoms with Gasteiger partial charge in [-0.25, -0.2) is 18.7 Å². The summed E-state index contributed by atoms with van der Waals surface area (Å²) in [6.45, 7) is 0.107. The lowest BCUT2D eigenvalue weighted by molar-refractivity contribution is 0.586. The van der Waals surface area contributed by atoms with Crippen LogP contribution in [0.1, 0.15) is 5.56 Å². The number of nitrogens with two attached hydrogens (primary N) is 1. The lowest BCUT2D eigenvalue weighted by Gasteiger charge is -2.05. The van der Waals surface area contributed by atoms with Gasteiger partial charge in [-0.05, 0) is 24.3 Å². The number of aromatic nitrogens is 4. The van der Waals surface area contributed by atoms with Crippen molar-refractivity contribution in [1.29, 1.82) is 0 Å². The average Bonchev–Trinajstić information content (AvgIpc) is 3.02. The first kappa shape index (κ1) is 16.4. The third kappa shape index (κ3) is 2.86. The van der Waals surface area contributed by atoms with Crippen LogP contribution in [0, 0.1) is 11.6 Å². The van der Waals surface area contributed by atoms with Crippen LogP contribution in [-0.2, 0) is 6.54 Å². The monoisotopic (exact) mass is 371 g/mol. The molecule has 0 aliphatic rings. The van der Waals surface area contributed by atoms with E-state index in [-0.39, 0.29) is 23.8 Å². The van der Waals surface area contributed by atoms with Crippen LogP contribution in [0.2, 0.25) is 5.02 Å². The summed E-state index contributed by atoms with van der Waals surface area (Å²) in [5.74, 6) is -0.576. The summed E-state index contributed by atoms with van der Waals surface area (Å²) in [5, 5.41) is 5.10. The Morgan fingerprint density at radius 1 is 1.00 bits per heavy atom. The summed E-state index contributed by atoms with van der Waals surface area (Å²) in [5.41, 5.74) is 6.82. The highest BCUT2D eigenvalue weighted by Gasteiger charge is 2.15. The summed E-state index contributed by atoms with van der Waals surface area (Å²) in [4.78, 5) is 8.45. The third-order valence-corrected chi connectivity index (χ3v) is 4.31. The average molecular weight is 372 g/mol. The van der Waals surface area contributed by atoms with Crippen molar-refractivity contribution in [2.45, 2.75) is 6.54 Å². The Hall–Kier alpha value is -3.06. The SMILES string of the molecule is Nc1nc(-c2ccccc2F)nc2nn(Cc3c(F)cccc3Cl)cc12. The molecule has 2 heterocycles. The molecule has 4 rings (SSSR count). The van der Waals surface area contributed by atoms with Crippen LogP contribution in [0.25, 0.3) is 22.4 Å². The van der Waals surface area contributed by atoms with Crippen molar-refractivity contribution in [3.8, 4) is 11.4 Å². The van der Waals surface area contributed by atoms with Gasteiger partial charge in [0, 0.05) is 16.8 Å². The van der Waals surface area contributed by atoms with E-state index in [4.69, 9.17) is 17.3 Å². The molecule has 2 N–H and O–H groups in total. The van der Waals surface area contributed by atoms with E-state index >= 15 is 0 Å². The fourth-order valence-electron chi connectivity index (χ4n) is 2.66. The number of anilines is 1. The first-order valence-electron chi connectivity index (χ1n) is 7.71. The Morgan fingerprint density at radius 3 is 2.54 bits per heavy atom. The normalized spacial score (nSPS) is 11.2. The molecule has 0 spiro atoms. The standard InChI is InChI=1S/C18H12ClF2N5/c19-13-5-3-7-15(21)11(13)8-26-9-12-16(22)23-17(24-18(12)25-26)10-4-1-2-6-14(10)20/h1-7,9H,8H2,(H2,22,23,24,25). The molecular weight excluding hydrogens is 360 g/mol. The van der Waals surface area contributed by atoms with Crippen LogP contribution in [0.4, 0.5) is 14.6 Å². The lowest BCUT2D eigenvalue weighted by atomic mass is 10.2. The van der Waals surface area contributed by atoms with E-state index in [2.05, 4.69) is 15.1 Å². The van der Waals surface area contributed by atoms with Crippen molar-refractivity contribution in [1.82, 2.24) is 19.7 Å². The second kappa shape index (κ2) is 6.34. The minimum Gasteiger partial charge on any atom is -0.383 e. The highest BCUT2D eigenvalue weighted by atomic mass is 35.5. The summed E-state index contributed by atoms with van der Waals surface area (Å²) >= 11 is 6.06. The molecule has 0 aliphatic carbocycles. The number of fused-ring (bicyclic) bond motifs is 1. The molecule has 2 aromatic carbocycles. The smallest absolute Gasteiger partial charge is 0.186 e. The quantitative estimate of drug-likeness (QED) is 0.589. The van der Waals surface area contributed by atoms with Crippen LogP contribution in [0.3, 0.4) is 0 Å². The number of benzene rings is 2. The van der Waals surface area contributed by atoms with Gasteiger partial charge in [0.2, 0.25) is 0 Å². The highest BCUT2D eigenvalue weighted by molar-refractivity contribution is 6.31. The topological polar surface area (TPSA) is 69.6 Å². The summed E-state index contributed by atoms with van der Waals surface area (Å²) < 4.78 is 29.4. The van der Waals surface area contributed by atoms with Gasteiger partial charge in [0.1, 0.15) is 17.5 Å². The first-order valence-corrected chi connectivity index (χ1v) is 8.09. The van der Waals surface area contributed by atoms with Gasteiger partial charge in [-0.1, -0.05) is 29.8 Å². The molecule has 4 aromatic rings. The largest absolute Gasteiger partial charge is 0.383 e. The zero-order chi connectivity index (χ0) is 18.3. The molecule has 0 aliphatic heterocycles. The zero-order valence-corrected chi connectivity index (χ0v) is 14.1. The molecule has 0 bridgehead atoms. The molecule has 5 nitrogen and oxygen atoms in total. The zero-order valence-electron chi connectivity index (χ0n) is 13.3. The van der Waals surface area contributed by atoms with Crippen LogP contribution < -0.4 is 5.73 Å². The fourth-order valence-corrected chi connectivity index (χ4v) is 2.89. The highest BCUT2D eigenvalue weighted by Crippen LogP contribution is 2.25.